The van der Waals surface area contributed by atoms with Crippen molar-refractivity contribution in [2.45, 2.75) is 13.8 Å². The fourth-order valence-corrected chi connectivity index (χ4v) is 2.33. The molecule has 0 atom stereocenters. The van der Waals surface area contributed by atoms with Gasteiger partial charge in [0.25, 0.3) is 0 Å². The van der Waals surface area contributed by atoms with E-state index in [-0.39, 0.29) is 11.1 Å². The highest BCUT2D eigenvalue weighted by Gasteiger charge is 2.18. The predicted molar refractivity (Wildman–Crippen MR) is 75.2 cm³/mol. The SMILES string of the molecule is Cc1cc(C)c(C(=O)c2cc(N)cc(Cl)c2)c(F)c1. The normalized spacial score (nSPS) is 10.5. The summed E-state index contributed by atoms with van der Waals surface area (Å²) >= 11 is 5.86. The van der Waals surface area contributed by atoms with Crippen molar-refractivity contribution in [2.75, 3.05) is 5.73 Å². The van der Waals surface area contributed by atoms with Gasteiger partial charge in [0.05, 0.1) is 5.56 Å². The molecule has 0 heterocycles. The van der Waals surface area contributed by atoms with E-state index in [0.29, 0.717) is 16.3 Å². The van der Waals surface area contributed by atoms with Crippen molar-refractivity contribution < 1.29 is 9.18 Å². The largest absolute Gasteiger partial charge is 0.399 e. The summed E-state index contributed by atoms with van der Waals surface area (Å²) in [5.41, 5.74) is 7.74. The van der Waals surface area contributed by atoms with Crippen LogP contribution in [-0.2, 0) is 0 Å². The lowest BCUT2D eigenvalue weighted by molar-refractivity contribution is 0.103. The summed E-state index contributed by atoms with van der Waals surface area (Å²) in [5.74, 6) is -0.940. The molecule has 0 amide bonds. The second-order valence-electron chi connectivity index (χ2n) is 4.54. The van der Waals surface area contributed by atoms with Crippen LogP contribution in [0.15, 0.2) is 30.3 Å². The zero-order valence-electron chi connectivity index (χ0n) is 10.6. The highest BCUT2D eigenvalue weighted by atomic mass is 35.5. The van der Waals surface area contributed by atoms with E-state index in [0.717, 1.165) is 5.56 Å². The number of carbonyl (C=O) groups is 1. The van der Waals surface area contributed by atoms with Crippen LogP contribution in [0.4, 0.5) is 10.1 Å². The molecule has 2 aromatic carbocycles. The standard InChI is InChI=1S/C15H13ClFNO/c1-8-3-9(2)14(13(17)4-8)15(19)10-5-11(16)7-12(18)6-10/h3-7H,18H2,1-2H3. The van der Waals surface area contributed by atoms with Crippen LogP contribution in [0.3, 0.4) is 0 Å². The third kappa shape index (κ3) is 2.76. The fourth-order valence-electron chi connectivity index (χ4n) is 2.09. The van der Waals surface area contributed by atoms with E-state index >= 15 is 0 Å². The van der Waals surface area contributed by atoms with Gasteiger partial charge in [-0.25, -0.2) is 4.39 Å². The van der Waals surface area contributed by atoms with Gasteiger partial charge in [-0.1, -0.05) is 17.7 Å². The van der Waals surface area contributed by atoms with Crippen LogP contribution in [0, 0.1) is 19.7 Å². The first-order chi connectivity index (χ1) is 8.88. The zero-order chi connectivity index (χ0) is 14.2. The number of halogens is 2. The first-order valence-corrected chi connectivity index (χ1v) is 6.14. The summed E-state index contributed by atoms with van der Waals surface area (Å²) in [6, 6.07) is 7.63. The molecule has 2 rings (SSSR count). The van der Waals surface area contributed by atoms with Gasteiger partial charge in [-0.3, -0.25) is 4.79 Å². The molecule has 2 nitrogen and oxygen atoms in total. The van der Waals surface area contributed by atoms with E-state index < -0.39 is 11.6 Å². The van der Waals surface area contributed by atoms with Gasteiger partial charge < -0.3 is 5.73 Å². The molecule has 0 aliphatic heterocycles. The Balaban J connectivity index is 2.56. The minimum Gasteiger partial charge on any atom is -0.399 e. The summed E-state index contributed by atoms with van der Waals surface area (Å²) in [6.45, 7) is 3.49. The molecule has 0 saturated carbocycles. The maximum absolute atomic E-state index is 14.0. The second-order valence-corrected chi connectivity index (χ2v) is 4.98. The summed E-state index contributed by atoms with van der Waals surface area (Å²) in [7, 11) is 0. The quantitative estimate of drug-likeness (QED) is 0.668. The molecule has 0 bridgehead atoms. The molecule has 4 heteroatoms. The Bertz CT molecular complexity index is 624. The van der Waals surface area contributed by atoms with Gasteiger partial charge in [-0.2, -0.15) is 0 Å². The Morgan fingerprint density at radius 2 is 1.84 bits per heavy atom. The van der Waals surface area contributed by atoms with E-state index in [1.54, 1.807) is 19.9 Å². The van der Waals surface area contributed by atoms with Gasteiger partial charge in [0.15, 0.2) is 5.78 Å². The Labute approximate surface area is 116 Å². The molecule has 2 aromatic rings. The van der Waals surface area contributed by atoms with Crippen LogP contribution >= 0.6 is 11.6 Å². The smallest absolute Gasteiger partial charge is 0.196 e. The topological polar surface area (TPSA) is 43.1 Å². The molecule has 98 valence electrons. The molecule has 0 spiro atoms. The van der Waals surface area contributed by atoms with Crippen LogP contribution < -0.4 is 5.73 Å². The van der Waals surface area contributed by atoms with Crippen molar-refractivity contribution in [3.05, 3.63) is 63.4 Å². The van der Waals surface area contributed by atoms with Crippen molar-refractivity contribution in [1.82, 2.24) is 0 Å². The molecule has 0 unspecified atom stereocenters. The van der Waals surface area contributed by atoms with Gasteiger partial charge in [0, 0.05) is 16.3 Å². The first kappa shape index (κ1) is 13.6. The maximum atomic E-state index is 14.0. The third-order valence-corrected chi connectivity index (χ3v) is 3.06. The number of nitrogens with two attached hydrogens (primary N) is 1. The molecular formula is C15H13ClFNO. The third-order valence-electron chi connectivity index (χ3n) is 2.84. The maximum Gasteiger partial charge on any atom is 0.196 e. The summed E-state index contributed by atoms with van der Waals surface area (Å²) in [5, 5.41) is 0.355. The second kappa shape index (κ2) is 5.02. The average Bonchev–Trinajstić information content (AvgIpc) is 2.25. The summed E-state index contributed by atoms with van der Waals surface area (Å²) in [4.78, 5) is 12.3. The number of hydrogen-bond acceptors (Lipinski definition) is 2. The number of nitrogen functional groups attached to an aromatic ring is 1. The van der Waals surface area contributed by atoms with E-state index in [2.05, 4.69) is 0 Å². The van der Waals surface area contributed by atoms with Crippen molar-refractivity contribution in [1.29, 1.82) is 0 Å². The minimum absolute atomic E-state index is 0.0623. The number of benzene rings is 2. The number of carbonyl (C=O) groups excluding carboxylic acids is 1. The fraction of sp³-hybridized carbons (Fsp3) is 0.133. The van der Waals surface area contributed by atoms with Gasteiger partial charge >= 0.3 is 0 Å². The Kier molecular flexibility index (Phi) is 3.58. The Hall–Kier alpha value is -1.87. The molecule has 0 fully saturated rings. The summed E-state index contributed by atoms with van der Waals surface area (Å²) in [6.07, 6.45) is 0. The van der Waals surface area contributed by atoms with Crippen LogP contribution in [0.2, 0.25) is 5.02 Å². The van der Waals surface area contributed by atoms with Crippen LogP contribution in [0.5, 0.6) is 0 Å². The monoisotopic (exact) mass is 277 g/mol. The van der Waals surface area contributed by atoms with E-state index in [9.17, 15) is 9.18 Å². The van der Waals surface area contributed by atoms with Crippen LogP contribution in [0.1, 0.15) is 27.0 Å². The number of anilines is 1. The lowest BCUT2D eigenvalue weighted by Gasteiger charge is -2.09. The highest BCUT2D eigenvalue weighted by Crippen LogP contribution is 2.23. The summed E-state index contributed by atoms with van der Waals surface area (Å²) < 4.78 is 14.0. The lowest BCUT2D eigenvalue weighted by Crippen LogP contribution is -2.08. The lowest BCUT2D eigenvalue weighted by atomic mass is 9.96. The highest BCUT2D eigenvalue weighted by molar-refractivity contribution is 6.31. The number of ketones is 1. The minimum atomic E-state index is -0.527. The molecule has 0 aromatic heterocycles. The molecule has 19 heavy (non-hydrogen) atoms. The molecule has 0 saturated heterocycles. The van der Waals surface area contributed by atoms with Crippen molar-refractivity contribution >= 4 is 23.1 Å². The van der Waals surface area contributed by atoms with Crippen molar-refractivity contribution in [3.63, 3.8) is 0 Å². The van der Waals surface area contributed by atoms with Crippen molar-refractivity contribution in [3.8, 4) is 0 Å². The predicted octanol–water partition coefficient (Wildman–Crippen LogP) is 3.91. The van der Waals surface area contributed by atoms with Gasteiger partial charge in [0.2, 0.25) is 0 Å². The van der Waals surface area contributed by atoms with Crippen LogP contribution in [-0.4, -0.2) is 5.78 Å². The Morgan fingerprint density at radius 1 is 1.16 bits per heavy atom. The van der Waals surface area contributed by atoms with E-state index in [4.69, 9.17) is 17.3 Å². The zero-order valence-corrected chi connectivity index (χ0v) is 11.4. The Morgan fingerprint density at radius 3 is 2.42 bits per heavy atom. The molecule has 2 N–H and O–H groups in total. The average molecular weight is 278 g/mol. The van der Waals surface area contributed by atoms with Crippen LogP contribution in [0.25, 0.3) is 0 Å². The van der Waals surface area contributed by atoms with Crippen molar-refractivity contribution in [2.24, 2.45) is 0 Å². The first-order valence-electron chi connectivity index (χ1n) is 5.76. The number of aryl methyl sites for hydroxylation is 2. The van der Waals surface area contributed by atoms with E-state index in [1.165, 1.54) is 24.3 Å². The van der Waals surface area contributed by atoms with Gasteiger partial charge in [-0.05, 0) is 49.2 Å². The number of hydrogen-bond donors (Lipinski definition) is 1. The molecule has 0 aliphatic rings. The van der Waals surface area contributed by atoms with Gasteiger partial charge in [-0.15, -0.1) is 0 Å². The van der Waals surface area contributed by atoms with Gasteiger partial charge in [0.1, 0.15) is 5.82 Å². The van der Waals surface area contributed by atoms with E-state index in [1.807, 2.05) is 0 Å². The molecular weight excluding hydrogens is 265 g/mol. The molecule has 0 radical (unpaired) electrons. The number of rotatable bonds is 2. The molecule has 0 aliphatic carbocycles.